The topological polar surface area (TPSA) is 75.2 Å². The highest BCUT2D eigenvalue weighted by atomic mass is 32.2. The number of hydrogen-bond donors (Lipinski definition) is 1. The molecule has 0 amide bonds. The van der Waals surface area contributed by atoms with Crippen molar-refractivity contribution in [1.82, 2.24) is 14.9 Å². The first kappa shape index (κ1) is 11.2. The Labute approximate surface area is 108 Å². The summed E-state index contributed by atoms with van der Waals surface area (Å²) in [5.41, 5.74) is 1.13. The van der Waals surface area contributed by atoms with Crippen molar-refractivity contribution in [1.29, 1.82) is 0 Å². The fraction of sp³-hybridized carbons (Fsp3) is 0.273. The molecule has 18 heavy (non-hydrogen) atoms. The number of rotatable bonds is 3. The number of nitrogens with two attached hydrogens (primary N) is 1. The van der Waals surface area contributed by atoms with E-state index in [4.69, 9.17) is 15.3 Å². The van der Waals surface area contributed by atoms with Crippen molar-refractivity contribution in [2.45, 2.75) is 17.8 Å². The van der Waals surface area contributed by atoms with Gasteiger partial charge in [0.2, 0.25) is 11.9 Å². The van der Waals surface area contributed by atoms with E-state index >= 15 is 0 Å². The van der Waals surface area contributed by atoms with E-state index < -0.39 is 0 Å². The zero-order valence-corrected chi connectivity index (χ0v) is 10.6. The van der Waals surface area contributed by atoms with Crippen molar-refractivity contribution >= 4 is 11.8 Å². The van der Waals surface area contributed by atoms with Gasteiger partial charge in [0.25, 0.3) is 0 Å². The average Bonchev–Trinajstić information content (AvgIpc) is 2.96. The second kappa shape index (κ2) is 4.41. The molecule has 0 fully saturated rings. The van der Waals surface area contributed by atoms with Gasteiger partial charge in [-0.1, -0.05) is 17.8 Å². The molecule has 1 aliphatic rings. The average molecular weight is 264 g/mol. The van der Waals surface area contributed by atoms with E-state index in [1.807, 2.05) is 25.1 Å². The Bertz CT molecular complexity index is 584. The van der Waals surface area contributed by atoms with Crippen molar-refractivity contribution < 1.29 is 9.47 Å². The molecule has 3 rings (SSSR count). The molecule has 0 aliphatic carbocycles. The molecule has 6 nitrogen and oxygen atoms in total. The SMILES string of the molecule is Cc1nnc(SCc2ccc3c(c2)OCO3)n1N. The molecule has 0 radical (unpaired) electrons. The van der Waals surface area contributed by atoms with Crippen LogP contribution in [-0.4, -0.2) is 21.7 Å². The van der Waals surface area contributed by atoms with E-state index in [2.05, 4.69) is 10.2 Å². The maximum Gasteiger partial charge on any atom is 0.231 e. The van der Waals surface area contributed by atoms with Crippen LogP contribution in [0.5, 0.6) is 11.5 Å². The molecule has 2 heterocycles. The third-order valence-electron chi connectivity index (χ3n) is 2.64. The van der Waals surface area contributed by atoms with Gasteiger partial charge in [0.1, 0.15) is 5.82 Å². The van der Waals surface area contributed by atoms with Crippen LogP contribution in [0.2, 0.25) is 0 Å². The number of aromatic nitrogens is 3. The normalized spacial score (nSPS) is 12.9. The van der Waals surface area contributed by atoms with Gasteiger partial charge in [0.15, 0.2) is 11.5 Å². The summed E-state index contributed by atoms with van der Waals surface area (Å²) in [5.74, 6) is 8.82. The second-order valence-corrected chi connectivity index (χ2v) is 4.82. The van der Waals surface area contributed by atoms with Crippen LogP contribution in [0, 0.1) is 6.92 Å². The van der Waals surface area contributed by atoms with Crippen molar-refractivity contribution in [2.24, 2.45) is 0 Å². The number of thioether (sulfide) groups is 1. The lowest BCUT2D eigenvalue weighted by molar-refractivity contribution is 0.174. The van der Waals surface area contributed by atoms with Gasteiger partial charge in [-0.25, -0.2) is 4.68 Å². The second-order valence-electron chi connectivity index (χ2n) is 3.88. The van der Waals surface area contributed by atoms with E-state index in [0.717, 1.165) is 22.8 Å². The van der Waals surface area contributed by atoms with E-state index in [1.54, 1.807) is 0 Å². The highest BCUT2D eigenvalue weighted by Gasteiger charge is 2.14. The molecule has 0 atom stereocenters. The van der Waals surface area contributed by atoms with Gasteiger partial charge in [-0.15, -0.1) is 10.2 Å². The summed E-state index contributed by atoms with van der Waals surface area (Å²) in [4.78, 5) is 0. The fourth-order valence-corrected chi connectivity index (χ4v) is 2.47. The van der Waals surface area contributed by atoms with Crippen LogP contribution < -0.4 is 15.3 Å². The first-order valence-electron chi connectivity index (χ1n) is 5.42. The minimum Gasteiger partial charge on any atom is -0.454 e. The number of nitrogens with zero attached hydrogens (tertiary/aromatic N) is 3. The monoisotopic (exact) mass is 264 g/mol. The standard InChI is InChI=1S/C11H12N4O2S/c1-7-13-14-11(15(7)12)18-5-8-2-3-9-10(4-8)17-6-16-9/h2-4H,5-6,12H2,1H3. The van der Waals surface area contributed by atoms with Crippen LogP contribution in [-0.2, 0) is 5.75 Å². The Morgan fingerprint density at radius 1 is 1.33 bits per heavy atom. The van der Waals surface area contributed by atoms with Crippen molar-refractivity contribution in [3.63, 3.8) is 0 Å². The maximum absolute atomic E-state index is 5.78. The first-order valence-corrected chi connectivity index (χ1v) is 6.41. The Morgan fingerprint density at radius 2 is 2.17 bits per heavy atom. The summed E-state index contributed by atoms with van der Waals surface area (Å²) in [5, 5.41) is 8.61. The summed E-state index contributed by atoms with van der Waals surface area (Å²) in [6.45, 7) is 2.11. The maximum atomic E-state index is 5.78. The lowest BCUT2D eigenvalue weighted by Crippen LogP contribution is -2.11. The van der Waals surface area contributed by atoms with Crippen LogP contribution in [0.25, 0.3) is 0 Å². The first-order chi connectivity index (χ1) is 8.74. The zero-order valence-electron chi connectivity index (χ0n) is 9.79. The summed E-state index contributed by atoms with van der Waals surface area (Å²) in [6, 6.07) is 5.89. The van der Waals surface area contributed by atoms with Crippen LogP contribution in [0.3, 0.4) is 0 Å². The number of aryl methyl sites for hydroxylation is 1. The van der Waals surface area contributed by atoms with Crippen molar-refractivity contribution in [3.05, 3.63) is 29.6 Å². The summed E-state index contributed by atoms with van der Waals surface area (Å²) in [7, 11) is 0. The molecule has 1 aromatic heterocycles. The summed E-state index contributed by atoms with van der Waals surface area (Å²) >= 11 is 1.53. The quantitative estimate of drug-likeness (QED) is 0.665. The van der Waals surface area contributed by atoms with Gasteiger partial charge in [-0.2, -0.15) is 0 Å². The summed E-state index contributed by atoms with van der Waals surface area (Å²) < 4.78 is 12.1. The highest BCUT2D eigenvalue weighted by molar-refractivity contribution is 7.98. The Morgan fingerprint density at radius 3 is 2.94 bits per heavy atom. The van der Waals surface area contributed by atoms with E-state index in [-0.39, 0.29) is 0 Å². The largest absolute Gasteiger partial charge is 0.454 e. The van der Waals surface area contributed by atoms with Gasteiger partial charge in [0, 0.05) is 5.75 Å². The van der Waals surface area contributed by atoms with Crippen molar-refractivity contribution in [3.8, 4) is 11.5 Å². The van der Waals surface area contributed by atoms with Gasteiger partial charge >= 0.3 is 0 Å². The number of nitrogen functional groups attached to an aromatic ring is 1. The van der Waals surface area contributed by atoms with Gasteiger partial charge in [-0.3, -0.25) is 0 Å². The molecule has 0 bridgehead atoms. The molecule has 7 heteroatoms. The lowest BCUT2D eigenvalue weighted by atomic mass is 10.2. The molecule has 1 aromatic carbocycles. The Kier molecular flexibility index (Phi) is 2.75. The predicted molar refractivity (Wildman–Crippen MR) is 67.0 cm³/mol. The minimum absolute atomic E-state index is 0.294. The molecule has 2 N–H and O–H groups in total. The van der Waals surface area contributed by atoms with E-state index in [9.17, 15) is 0 Å². The molecule has 0 saturated heterocycles. The number of ether oxygens (including phenoxy) is 2. The molecule has 0 saturated carbocycles. The number of benzene rings is 1. The van der Waals surface area contributed by atoms with Crippen molar-refractivity contribution in [2.75, 3.05) is 12.6 Å². The predicted octanol–water partition coefficient (Wildman–Crippen LogP) is 1.32. The number of fused-ring (bicyclic) bond motifs is 1. The minimum atomic E-state index is 0.294. The molecule has 1 aliphatic heterocycles. The van der Waals surface area contributed by atoms with E-state index in [0.29, 0.717) is 17.8 Å². The molecule has 94 valence electrons. The molecular formula is C11H12N4O2S. The van der Waals surface area contributed by atoms with Gasteiger partial charge in [-0.05, 0) is 24.6 Å². The van der Waals surface area contributed by atoms with E-state index in [1.165, 1.54) is 16.4 Å². The smallest absolute Gasteiger partial charge is 0.231 e. The lowest BCUT2D eigenvalue weighted by Gasteiger charge is -2.03. The molecular weight excluding hydrogens is 252 g/mol. The Hall–Kier alpha value is -1.89. The van der Waals surface area contributed by atoms with Crippen LogP contribution in [0.4, 0.5) is 0 Å². The van der Waals surface area contributed by atoms with Crippen LogP contribution >= 0.6 is 11.8 Å². The fourth-order valence-electron chi connectivity index (χ4n) is 1.63. The van der Waals surface area contributed by atoms with Gasteiger partial charge < -0.3 is 15.3 Å². The summed E-state index contributed by atoms with van der Waals surface area (Å²) in [6.07, 6.45) is 0. The highest BCUT2D eigenvalue weighted by Crippen LogP contribution is 2.34. The van der Waals surface area contributed by atoms with Gasteiger partial charge in [0.05, 0.1) is 0 Å². The third-order valence-corrected chi connectivity index (χ3v) is 3.65. The Balaban J connectivity index is 1.72. The molecule has 0 unspecified atom stereocenters. The number of hydrogen-bond acceptors (Lipinski definition) is 6. The molecule has 0 spiro atoms. The van der Waals surface area contributed by atoms with Crippen LogP contribution in [0.15, 0.2) is 23.4 Å². The zero-order chi connectivity index (χ0) is 12.5. The van der Waals surface area contributed by atoms with Crippen LogP contribution in [0.1, 0.15) is 11.4 Å². The molecule has 2 aromatic rings. The third kappa shape index (κ3) is 1.97.